The van der Waals surface area contributed by atoms with Crippen LogP contribution in [0.4, 0.5) is 14.5 Å². The van der Waals surface area contributed by atoms with E-state index in [1.807, 2.05) is 6.92 Å². The molecule has 1 aliphatic rings. The molecule has 37 heavy (non-hydrogen) atoms. The molecule has 1 aromatic heterocycles. The molecule has 1 aliphatic heterocycles. The number of hydrogen-bond donors (Lipinski definition) is 1. The summed E-state index contributed by atoms with van der Waals surface area (Å²) in [6, 6.07) is 12.3. The van der Waals surface area contributed by atoms with Gasteiger partial charge in [-0.3, -0.25) is 10.1 Å². The van der Waals surface area contributed by atoms with Crippen LogP contribution in [0.15, 0.2) is 65.7 Å². The lowest BCUT2D eigenvalue weighted by atomic mass is 9.91. The molecule has 0 unspecified atom stereocenters. The zero-order valence-corrected chi connectivity index (χ0v) is 21.1. The van der Waals surface area contributed by atoms with Gasteiger partial charge in [0.25, 0.3) is 5.69 Å². The van der Waals surface area contributed by atoms with Crippen LogP contribution in [0.1, 0.15) is 27.9 Å². The Kier molecular flexibility index (Phi) is 7.94. The van der Waals surface area contributed by atoms with E-state index in [1.54, 1.807) is 50.4 Å². The molecule has 0 atom stereocenters. The second-order valence-electron chi connectivity index (χ2n) is 8.60. The number of aromatic nitrogens is 1. The molecule has 9 nitrogen and oxygen atoms in total. The Bertz CT molecular complexity index is 1460. The van der Waals surface area contributed by atoms with Crippen LogP contribution in [-0.4, -0.2) is 36.8 Å². The lowest BCUT2D eigenvalue weighted by Gasteiger charge is -2.31. The van der Waals surface area contributed by atoms with Crippen molar-refractivity contribution in [3.05, 3.63) is 98.9 Å². The number of rotatable bonds is 5. The maximum atomic E-state index is 13.5. The van der Waals surface area contributed by atoms with Gasteiger partial charge in [-0.15, -0.1) is 0 Å². The second kappa shape index (κ2) is 10.6. The van der Waals surface area contributed by atoms with Crippen LogP contribution in [0.3, 0.4) is 0 Å². The number of aryl methyl sites for hydroxylation is 3. The minimum atomic E-state index is -4.33. The Labute approximate surface area is 212 Å². The number of alkyl halides is 2. The summed E-state index contributed by atoms with van der Waals surface area (Å²) in [6.45, 7) is 2.96. The Morgan fingerprint density at radius 3 is 2.19 bits per heavy atom. The van der Waals surface area contributed by atoms with Gasteiger partial charge in [0.15, 0.2) is 11.8 Å². The molecule has 2 N–H and O–H groups in total. The van der Waals surface area contributed by atoms with Crippen molar-refractivity contribution in [3.63, 3.8) is 0 Å². The van der Waals surface area contributed by atoms with Crippen molar-refractivity contribution in [2.75, 3.05) is 19.2 Å². The van der Waals surface area contributed by atoms with Crippen molar-refractivity contribution in [1.29, 1.82) is 0 Å². The topological polar surface area (TPSA) is 139 Å². The van der Waals surface area contributed by atoms with E-state index < -0.39 is 34.0 Å². The second-order valence-corrected chi connectivity index (χ2v) is 9.92. The average molecular weight is 534 g/mol. The number of benzene rings is 2. The maximum absolute atomic E-state index is 13.5. The lowest BCUT2D eigenvalue weighted by Crippen LogP contribution is -2.48. The van der Waals surface area contributed by atoms with E-state index in [2.05, 4.69) is 0 Å². The van der Waals surface area contributed by atoms with E-state index in [0.29, 0.717) is 28.0 Å². The van der Waals surface area contributed by atoms with Crippen LogP contribution < -0.4 is 15.3 Å². The highest BCUT2D eigenvalue weighted by atomic mass is 32.2. The Hall–Kier alpha value is -3.90. The van der Waals surface area contributed by atoms with Crippen LogP contribution in [-0.2, 0) is 10.1 Å². The Morgan fingerprint density at radius 1 is 1.05 bits per heavy atom. The first-order valence-electron chi connectivity index (χ1n) is 10.9. The van der Waals surface area contributed by atoms with E-state index in [9.17, 15) is 31.9 Å². The number of nitro benzene ring substituents is 1. The smallest absolute Gasteiger partial charge is 0.270 e. The highest BCUT2D eigenvalue weighted by molar-refractivity contribution is 7.85. The quantitative estimate of drug-likeness (QED) is 0.174. The lowest BCUT2D eigenvalue weighted by molar-refractivity contribution is -0.641. The summed E-state index contributed by atoms with van der Waals surface area (Å²) < 4.78 is 66.2. The van der Waals surface area contributed by atoms with Gasteiger partial charge in [-0.1, -0.05) is 22.4 Å². The summed E-state index contributed by atoms with van der Waals surface area (Å²) in [5, 5.41) is 11.0. The van der Waals surface area contributed by atoms with E-state index in [1.165, 1.54) is 29.0 Å². The van der Waals surface area contributed by atoms with E-state index in [4.69, 9.17) is 10.6 Å². The Balaban J connectivity index is 0.000000248. The number of ether oxygens (including phenoxy) is 1. The van der Waals surface area contributed by atoms with Gasteiger partial charge in [-0.2, -0.15) is 0 Å². The van der Waals surface area contributed by atoms with Crippen molar-refractivity contribution in [2.24, 2.45) is 0 Å². The summed E-state index contributed by atoms with van der Waals surface area (Å²) in [4.78, 5) is 10.4. The van der Waals surface area contributed by atoms with Gasteiger partial charge in [0.2, 0.25) is 5.69 Å². The summed E-state index contributed by atoms with van der Waals surface area (Å²) in [5.74, 6) is 6.06. The third-order valence-electron chi connectivity index (χ3n) is 5.66. The molecule has 0 bridgehead atoms. The van der Waals surface area contributed by atoms with Crippen LogP contribution in [0.5, 0.6) is 5.75 Å². The van der Waals surface area contributed by atoms with Crippen molar-refractivity contribution >= 4 is 21.4 Å². The molecule has 0 radical (unpaired) electrons. The fraction of sp³-hybridized carbons (Fsp3) is 0.240. The zero-order chi connectivity index (χ0) is 27.5. The number of nitrogen functional groups attached to an aromatic ring is 1. The van der Waals surface area contributed by atoms with Crippen molar-refractivity contribution in [1.82, 2.24) is 0 Å². The van der Waals surface area contributed by atoms with Crippen LogP contribution >= 0.6 is 0 Å². The summed E-state index contributed by atoms with van der Waals surface area (Å²) in [5.41, 5.74) is 1.25. The number of nitro groups is 1. The van der Waals surface area contributed by atoms with Crippen LogP contribution in [0.2, 0.25) is 0 Å². The monoisotopic (exact) mass is 533 g/mol. The molecular weight excluding hydrogens is 508 g/mol. The van der Waals surface area contributed by atoms with Gasteiger partial charge in [0, 0.05) is 29.8 Å². The molecule has 0 saturated carbocycles. The maximum Gasteiger partial charge on any atom is 0.270 e. The Morgan fingerprint density at radius 2 is 1.68 bits per heavy atom. The van der Waals surface area contributed by atoms with Crippen molar-refractivity contribution in [2.45, 2.75) is 31.3 Å². The van der Waals surface area contributed by atoms with Gasteiger partial charge in [-0.05, 0) is 50.1 Å². The van der Waals surface area contributed by atoms with Gasteiger partial charge >= 0.3 is 0 Å². The summed E-state index contributed by atoms with van der Waals surface area (Å²) in [7, 11) is -4.33. The molecule has 4 rings (SSSR count). The van der Waals surface area contributed by atoms with Gasteiger partial charge in [-0.25, -0.2) is 23.0 Å². The fourth-order valence-corrected chi connectivity index (χ4v) is 5.05. The number of hydrogen-bond acceptors (Lipinski definition) is 7. The molecule has 0 amide bonds. The summed E-state index contributed by atoms with van der Waals surface area (Å²) >= 11 is 0. The standard InChI is InChI=1S/C16H14F2N3O3.C9H12O3S/c17-9-16(10-18)8-13(14-3-1-2-6-20(14)19)12-7-11(21(22)23)4-5-15(12)24-16;1-6-4-7(2)9(8(3)5-6)13(10,11)12/h1-8H,9-10,19H2;4-5H,1-3H3,(H,10,11,12)/q+1;/p-1. The van der Waals surface area contributed by atoms with E-state index in [0.717, 1.165) is 5.56 Å². The fourth-order valence-electron chi connectivity index (χ4n) is 4.15. The third kappa shape index (κ3) is 5.92. The molecule has 196 valence electrons. The van der Waals surface area contributed by atoms with Gasteiger partial charge in [0.1, 0.15) is 29.2 Å². The molecule has 12 heteroatoms. The van der Waals surface area contributed by atoms with Crippen molar-refractivity contribution < 1.29 is 36.1 Å². The molecular formula is C25H25F2N3O6S. The highest BCUT2D eigenvalue weighted by Crippen LogP contribution is 2.40. The first-order valence-corrected chi connectivity index (χ1v) is 12.3. The molecule has 3 aromatic rings. The third-order valence-corrected chi connectivity index (χ3v) is 6.80. The number of fused-ring (bicyclic) bond motifs is 1. The van der Waals surface area contributed by atoms with Crippen LogP contribution in [0.25, 0.3) is 5.57 Å². The minimum absolute atomic E-state index is 0.0851. The zero-order valence-electron chi connectivity index (χ0n) is 20.3. The number of halogens is 2. The predicted octanol–water partition coefficient (Wildman–Crippen LogP) is 3.61. The molecule has 0 aliphatic carbocycles. The normalized spacial score (nSPS) is 13.9. The van der Waals surface area contributed by atoms with E-state index >= 15 is 0 Å². The first-order chi connectivity index (χ1) is 17.3. The molecule has 0 spiro atoms. The van der Waals surface area contributed by atoms with Gasteiger partial charge < -0.3 is 9.29 Å². The SMILES string of the molecule is Cc1cc(C)c(S(=O)(=O)[O-])c(C)c1.N[n+]1ccccc1C1=CC(CF)(CF)Oc2ccc([N+](=O)[O-])cc21. The van der Waals surface area contributed by atoms with Crippen LogP contribution in [0, 0.1) is 30.9 Å². The average Bonchev–Trinajstić information content (AvgIpc) is 2.82. The largest absolute Gasteiger partial charge is 0.744 e. The summed E-state index contributed by atoms with van der Waals surface area (Å²) in [6.07, 6.45) is 2.85. The predicted molar refractivity (Wildman–Crippen MR) is 131 cm³/mol. The number of pyridine rings is 1. The minimum Gasteiger partial charge on any atom is -0.744 e. The van der Waals surface area contributed by atoms with E-state index in [-0.39, 0.29) is 16.3 Å². The molecule has 2 aromatic carbocycles. The number of nitrogens with zero attached hydrogens (tertiary/aromatic N) is 2. The molecule has 0 fully saturated rings. The number of nitrogens with two attached hydrogens (primary N) is 1. The first kappa shape index (κ1) is 27.7. The van der Waals surface area contributed by atoms with Crippen molar-refractivity contribution in [3.8, 4) is 5.75 Å². The molecule has 2 heterocycles. The van der Waals surface area contributed by atoms with Gasteiger partial charge in [0.05, 0.1) is 15.4 Å². The molecule has 0 saturated heterocycles. The number of non-ortho nitro benzene ring substituents is 1. The highest BCUT2D eigenvalue weighted by Gasteiger charge is 2.39.